The number of piperidine rings is 1. The van der Waals surface area contributed by atoms with Crippen molar-refractivity contribution >= 4 is 17.6 Å². The van der Waals surface area contributed by atoms with Gasteiger partial charge in [-0.1, -0.05) is 50.2 Å². The number of nitrogens with one attached hydrogen (secondary N) is 1. The molecule has 3 amide bonds. The SMILES string of the molecule is CCc1ccc(CNC(=O)C2CCN(C(=O)N3CC(CC)Oc4ccccc43)CC2)cc1. The van der Waals surface area contributed by atoms with Gasteiger partial charge in [0.2, 0.25) is 5.91 Å². The van der Waals surface area contributed by atoms with E-state index in [0.29, 0.717) is 39.0 Å². The second-order valence-corrected chi connectivity index (χ2v) is 8.66. The first-order valence-corrected chi connectivity index (χ1v) is 11.8. The number of para-hydroxylation sites is 2. The van der Waals surface area contributed by atoms with E-state index in [2.05, 4.69) is 43.4 Å². The minimum Gasteiger partial charge on any atom is -0.486 e. The first-order valence-electron chi connectivity index (χ1n) is 11.8. The second-order valence-electron chi connectivity index (χ2n) is 8.66. The van der Waals surface area contributed by atoms with Crippen LogP contribution in [0, 0.1) is 5.92 Å². The minimum atomic E-state index is -0.0469. The molecule has 6 nitrogen and oxygen atoms in total. The third-order valence-corrected chi connectivity index (χ3v) is 6.56. The Hall–Kier alpha value is -3.02. The second kappa shape index (κ2) is 10.1. The van der Waals surface area contributed by atoms with Crippen LogP contribution in [0.2, 0.25) is 0 Å². The quantitative estimate of drug-likeness (QED) is 0.758. The fraction of sp³-hybridized carbons (Fsp3) is 0.462. The van der Waals surface area contributed by atoms with Gasteiger partial charge in [0.15, 0.2) is 0 Å². The summed E-state index contributed by atoms with van der Waals surface area (Å²) >= 11 is 0. The van der Waals surface area contributed by atoms with E-state index in [9.17, 15) is 9.59 Å². The number of aryl methyl sites for hydroxylation is 1. The van der Waals surface area contributed by atoms with E-state index in [4.69, 9.17) is 4.74 Å². The number of amides is 3. The molecular weight excluding hydrogens is 402 g/mol. The molecule has 2 heterocycles. The number of benzene rings is 2. The first kappa shape index (κ1) is 22.2. The Bertz CT molecular complexity index is 936. The number of nitrogens with zero attached hydrogens (tertiary/aromatic N) is 2. The largest absolute Gasteiger partial charge is 0.486 e. The lowest BCUT2D eigenvalue weighted by atomic mass is 9.96. The number of carbonyl (C=O) groups excluding carboxylic acids is 2. The van der Waals surface area contributed by atoms with Crippen molar-refractivity contribution in [3.8, 4) is 5.75 Å². The Morgan fingerprint density at radius 1 is 1.00 bits per heavy atom. The van der Waals surface area contributed by atoms with E-state index in [-0.39, 0.29) is 24.0 Å². The Morgan fingerprint density at radius 3 is 2.38 bits per heavy atom. The normalized spacial score (nSPS) is 18.6. The van der Waals surface area contributed by atoms with Crippen LogP contribution in [0.4, 0.5) is 10.5 Å². The molecule has 4 rings (SSSR count). The summed E-state index contributed by atoms with van der Waals surface area (Å²) in [5.74, 6) is 0.800. The molecule has 0 saturated carbocycles. The van der Waals surface area contributed by atoms with Gasteiger partial charge in [0, 0.05) is 25.6 Å². The number of rotatable bonds is 5. The Morgan fingerprint density at radius 2 is 1.69 bits per heavy atom. The predicted molar refractivity (Wildman–Crippen MR) is 126 cm³/mol. The maximum absolute atomic E-state index is 13.3. The number of urea groups is 1. The molecular formula is C26H33N3O3. The summed E-state index contributed by atoms with van der Waals surface area (Å²) in [4.78, 5) is 29.7. The van der Waals surface area contributed by atoms with Crippen molar-refractivity contribution in [1.29, 1.82) is 0 Å². The molecule has 2 aliphatic heterocycles. The van der Waals surface area contributed by atoms with Crippen LogP contribution in [0.1, 0.15) is 44.2 Å². The first-order chi connectivity index (χ1) is 15.6. The van der Waals surface area contributed by atoms with Gasteiger partial charge in [-0.25, -0.2) is 4.79 Å². The van der Waals surface area contributed by atoms with Gasteiger partial charge in [0.25, 0.3) is 0 Å². The van der Waals surface area contributed by atoms with Crippen LogP contribution in [0.3, 0.4) is 0 Å². The highest BCUT2D eigenvalue weighted by atomic mass is 16.5. The fourth-order valence-corrected chi connectivity index (χ4v) is 4.42. The monoisotopic (exact) mass is 435 g/mol. The zero-order valence-corrected chi connectivity index (χ0v) is 19.0. The van der Waals surface area contributed by atoms with Gasteiger partial charge in [-0.2, -0.15) is 0 Å². The van der Waals surface area contributed by atoms with Gasteiger partial charge in [0.1, 0.15) is 11.9 Å². The number of hydrogen-bond donors (Lipinski definition) is 1. The number of ether oxygens (including phenoxy) is 1. The van der Waals surface area contributed by atoms with Crippen LogP contribution in [-0.4, -0.2) is 42.6 Å². The minimum absolute atomic E-state index is 0.00330. The van der Waals surface area contributed by atoms with Crippen LogP contribution in [-0.2, 0) is 17.8 Å². The third kappa shape index (κ3) is 4.90. The zero-order valence-electron chi connectivity index (χ0n) is 19.0. The van der Waals surface area contributed by atoms with Crippen molar-refractivity contribution in [3.05, 3.63) is 59.7 Å². The Balaban J connectivity index is 1.31. The molecule has 0 aromatic heterocycles. The summed E-state index contributed by atoms with van der Waals surface area (Å²) < 4.78 is 6.01. The van der Waals surface area contributed by atoms with Gasteiger partial charge in [-0.05, 0) is 48.9 Å². The number of likely N-dealkylation sites (tertiary alicyclic amines) is 1. The number of hydrogen-bond acceptors (Lipinski definition) is 3. The molecule has 1 atom stereocenters. The molecule has 0 radical (unpaired) electrons. The van der Waals surface area contributed by atoms with Crippen molar-refractivity contribution in [2.45, 2.75) is 52.2 Å². The van der Waals surface area contributed by atoms with Crippen LogP contribution in [0.5, 0.6) is 5.75 Å². The van der Waals surface area contributed by atoms with E-state index < -0.39 is 0 Å². The Labute approximate surface area is 190 Å². The molecule has 6 heteroatoms. The summed E-state index contributed by atoms with van der Waals surface area (Å²) in [5.41, 5.74) is 3.24. The molecule has 1 unspecified atom stereocenters. The zero-order chi connectivity index (χ0) is 22.5. The summed E-state index contributed by atoms with van der Waals surface area (Å²) in [6, 6.07) is 16.1. The molecule has 0 spiro atoms. The number of fused-ring (bicyclic) bond motifs is 1. The highest BCUT2D eigenvalue weighted by Crippen LogP contribution is 2.35. The van der Waals surface area contributed by atoms with Crippen LogP contribution in [0.15, 0.2) is 48.5 Å². The molecule has 170 valence electrons. The van der Waals surface area contributed by atoms with Gasteiger partial charge < -0.3 is 15.0 Å². The number of anilines is 1. The molecule has 1 fully saturated rings. The lowest BCUT2D eigenvalue weighted by Crippen LogP contribution is -2.52. The van der Waals surface area contributed by atoms with Crippen molar-refractivity contribution in [3.63, 3.8) is 0 Å². The molecule has 1 saturated heterocycles. The fourth-order valence-electron chi connectivity index (χ4n) is 4.42. The van der Waals surface area contributed by atoms with Crippen LogP contribution >= 0.6 is 0 Å². The summed E-state index contributed by atoms with van der Waals surface area (Å²) in [7, 11) is 0. The van der Waals surface area contributed by atoms with Crippen molar-refractivity contribution < 1.29 is 14.3 Å². The smallest absolute Gasteiger partial charge is 0.324 e. The topological polar surface area (TPSA) is 61.9 Å². The molecule has 32 heavy (non-hydrogen) atoms. The molecule has 1 N–H and O–H groups in total. The van der Waals surface area contributed by atoms with E-state index in [1.54, 1.807) is 0 Å². The van der Waals surface area contributed by atoms with Crippen molar-refractivity contribution in [2.24, 2.45) is 5.92 Å². The van der Waals surface area contributed by atoms with E-state index >= 15 is 0 Å². The van der Waals surface area contributed by atoms with Crippen molar-refractivity contribution in [1.82, 2.24) is 10.2 Å². The maximum Gasteiger partial charge on any atom is 0.324 e. The van der Waals surface area contributed by atoms with Crippen LogP contribution in [0.25, 0.3) is 0 Å². The lowest BCUT2D eigenvalue weighted by molar-refractivity contribution is -0.126. The van der Waals surface area contributed by atoms with E-state index in [1.807, 2.05) is 34.1 Å². The maximum atomic E-state index is 13.3. The highest BCUT2D eigenvalue weighted by Gasteiger charge is 2.34. The summed E-state index contributed by atoms with van der Waals surface area (Å²) in [5, 5.41) is 3.07. The highest BCUT2D eigenvalue weighted by molar-refractivity contribution is 5.94. The predicted octanol–water partition coefficient (Wildman–Crippen LogP) is 4.37. The summed E-state index contributed by atoms with van der Waals surface area (Å²) in [6.07, 6.45) is 3.25. The average molecular weight is 436 g/mol. The molecule has 2 aromatic carbocycles. The van der Waals surface area contributed by atoms with Gasteiger partial charge in [-0.15, -0.1) is 0 Å². The van der Waals surface area contributed by atoms with Crippen molar-refractivity contribution in [2.75, 3.05) is 24.5 Å². The van der Waals surface area contributed by atoms with Gasteiger partial charge >= 0.3 is 6.03 Å². The third-order valence-electron chi connectivity index (χ3n) is 6.56. The summed E-state index contributed by atoms with van der Waals surface area (Å²) in [6.45, 7) is 6.50. The molecule has 2 aliphatic rings. The lowest BCUT2D eigenvalue weighted by Gasteiger charge is -2.39. The molecule has 2 aromatic rings. The average Bonchev–Trinajstić information content (AvgIpc) is 2.86. The van der Waals surface area contributed by atoms with Crippen LogP contribution < -0.4 is 15.0 Å². The number of carbonyl (C=O) groups is 2. The molecule has 0 aliphatic carbocycles. The molecule has 0 bridgehead atoms. The van der Waals surface area contributed by atoms with E-state index in [0.717, 1.165) is 29.8 Å². The van der Waals surface area contributed by atoms with Gasteiger partial charge in [-0.3, -0.25) is 9.69 Å². The van der Waals surface area contributed by atoms with E-state index in [1.165, 1.54) is 5.56 Å². The van der Waals surface area contributed by atoms with Gasteiger partial charge in [0.05, 0.1) is 12.2 Å². The Kier molecular flexibility index (Phi) is 6.98. The standard InChI is InChI=1S/C26H33N3O3/c1-3-19-9-11-20(12-10-19)17-27-25(30)21-13-15-28(16-14-21)26(31)29-18-22(4-2)32-24-8-6-5-7-23(24)29/h5-12,21-22H,3-4,13-18H2,1-2H3,(H,27,30).